The maximum absolute atomic E-state index is 10.3. The van der Waals surface area contributed by atoms with Crippen LogP contribution in [0, 0.1) is 17.3 Å². The Labute approximate surface area is 217 Å². The largest absolute Gasteiger partial charge is 0.508 e. The Morgan fingerprint density at radius 3 is 2.03 bits per heavy atom. The molecule has 4 rings (SSSR count). The predicted molar refractivity (Wildman–Crippen MR) is 154 cm³/mol. The summed E-state index contributed by atoms with van der Waals surface area (Å²) in [6.45, 7) is 25.5. The van der Waals surface area contributed by atoms with Gasteiger partial charge in [-0.15, -0.1) is 0 Å². The van der Waals surface area contributed by atoms with Gasteiger partial charge in [-0.3, -0.25) is 0 Å². The van der Waals surface area contributed by atoms with Gasteiger partial charge in [-0.25, -0.2) is 0 Å². The second-order valence-electron chi connectivity index (χ2n) is 14.7. The number of hydrogen-bond acceptors (Lipinski definition) is 3. The molecule has 198 valence electrons. The molecule has 3 aliphatic carbocycles. The van der Waals surface area contributed by atoms with Crippen LogP contribution in [0.3, 0.4) is 0 Å². The molecule has 0 saturated heterocycles. The van der Waals surface area contributed by atoms with Crippen molar-refractivity contribution in [3.8, 4) is 5.75 Å². The number of aryl methyl sites for hydroxylation is 1. The van der Waals surface area contributed by atoms with E-state index in [-0.39, 0.29) is 11.5 Å². The van der Waals surface area contributed by atoms with Crippen LogP contribution in [0.25, 0.3) is 0 Å². The Morgan fingerprint density at radius 1 is 0.914 bits per heavy atom. The lowest BCUT2D eigenvalue weighted by atomic mass is 9.55. The van der Waals surface area contributed by atoms with E-state index < -0.39 is 16.6 Å². The summed E-state index contributed by atoms with van der Waals surface area (Å²) in [5.74, 6) is 2.16. The fourth-order valence-corrected chi connectivity index (χ4v) is 13.5. The Kier molecular flexibility index (Phi) is 7.74. The third-order valence-electron chi connectivity index (χ3n) is 10.3. The van der Waals surface area contributed by atoms with Gasteiger partial charge in [0.05, 0.1) is 6.10 Å². The predicted octanol–water partition coefficient (Wildman–Crippen LogP) is 8.40. The minimum Gasteiger partial charge on any atom is -0.508 e. The van der Waals surface area contributed by atoms with E-state index in [9.17, 15) is 10.2 Å². The first-order valence-electron chi connectivity index (χ1n) is 13.7. The van der Waals surface area contributed by atoms with E-state index in [1.807, 2.05) is 18.2 Å². The fourth-order valence-electron chi connectivity index (χ4n) is 5.94. The van der Waals surface area contributed by atoms with Crippen molar-refractivity contribution in [1.82, 2.24) is 0 Å². The van der Waals surface area contributed by atoms with Gasteiger partial charge in [-0.05, 0) is 103 Å². The van der Waals surface area contributed by atoms with Gasteiger partial charge in [0.15, 0.2) is 16.6 Å². The highest BCUT2D eigenvalue weighted by molar-refractivity contribution is 6.87. The van der Waals surface area contributed by atoms with Gasteiger partial charge in [0, 0.05) is 5.41 Å². The third-order valence-corrected chi connectivity index (χ3v) is 21.6. The molecule has 35 heavy (non-hydrogen) atoms. The SMILES string of the molecule is CC(C)(C)[Si](C)(C)O[Si](C)(C)C(C)(C)C.C[C@]12CC[C@@H]3c4ccc(O)cc4CC[C@H]3[C@@H]1C=CC2O. The van der Waals surface area contributed by atoms with Crippen LogP contribution in [0.15, 0.2) is 30.4 Å². The monoisotopic (exact) mass is 516 g/mol. The van der Waals surface area contributed by atoms with Gasteiger partial charge in [-0.1, -0.05) is 66.7 Å². The first kappa shape index (κ1) is 28.7. The molecule has 0 aromatic heterocycles. The third kappa shape index (κ3) is 5.53. The average molecular weight is 517 g/mol. The number of aliphatic hydroxyl groups excluding tert-OH is 1. The molecule has 1 aromatic rings. The number of benzene rings is 1. The summed E-state index contributed by atoms with van der Waals surface area (Å²) in [5.41, 5.74) is 2.82. The van der Waals surface area contributed by atoms with Crippen LogP contribution in [0.2, 0.25) is 36.3 Å². The number of aromatic hydroxyl groups is 1. The molecule has 0 aliphatic heterocycles. The number of aliphatic hydroxyl groups is 1. The first-order chi connectivity index (χ1) is 15.8. The van der Waals surface area contributed by atoms with Crippen molar-refractivity contribution < 1.29 is 14.3 Å². The lowest BCUT2D eigenvalue weighted by Crippen LogP contribution is -2.53. The smallest absolute Gasteiger partial charge is 0.178 e. The zero-order chi connectivity index (χ0) is 26.6. The molecular formula is C30H52O3Si2. The van der Waals surface area contributed by atoms with Gasteiger partial charge in [0.25, 0.3) is 0 Å². The number of phenolic OH excluding ortho intramolecular Hbond substituents is 1. The Balaban J connectivity index is 0.000000207. The van der Waals surface area contributed by atoms with E-state index in [0.29, 0.717) is 33.6 Å². The van der Waals surface area contributed by atoms with E-state index in [4.69, 9.17) is 4.12 Å². The molecule has 5 atom stereocenters. The Morgan fingerprint density at radius 2 is 1.49 bits per heavy atom. The molecule has 1 saturated carbocycles. The number of fused-ring (bicyclic) bond motifs is 5. The second-order valence-corrected chi connectivity index (χ2v) is 24.6. The summed E-state index contributed by atoms with van der Waals surface area (Å²) >= 11 is 0. The van der Waals surface area contributed by atoms with Gasteiger partial charge in [0.1, 0.15) is 5.75 Å². The Hall–Kier alpha value is -0.886. The van der Waals surface area contributed by atoms with Crippen molar-refractivity contribution in [1.29, 1.82) is 0 Å². The molecular weight excluding hydrogens is 464 g/mol. The Bertz CT molecular complexity index is 914. The van der Waals surface area contributed by atoms with Crippen molar-refractivity contribution in [2.45, 2.75) is 122 Å². The number of phenols is 1. The van der Waals surface area contributed by atoms with Crippen LogP contribution < -0.4 is 0 Å². The maximum atomic E-state index is 10.3. The molecule has 0 amide bonds. The molecule has 1 aromatic carbocycles. The molecule has 0 spiro atoms. The highest BCUT2D eigenvalue weighted by atomic mass is 28.4. The molecule has 3 aliphatic rings. The van der Waals surface area contributed by atoms with Crippen molar-refractivity contribution in [2.24, 2.45) is 17.3 Å². The van der Waals surface area contributed by atoms with Crippen molar-refractivity contribution >= 4 is 16.6 Å². The number of allylic oxidation sites excluding steroid dienone is 1. The fraction of sp³-hybridized carbons (Fsp3) is 0.733. The van der Waals surface area contributed by atoms with E-state index in [2.05, 4.69) is 86.8 Å². The quantitative estimate of drug-likeness (QED) is 0.306. The minimum atomic E-state index is -1.59. The highest BCUT2D eigenvalue weighted by Crippen LogP contribution is 2.58. The second kappa shape index (κ2) is 9.45. The summed E-state index contributed by atoms with van der Waals surface area (Å²) in [5, 5.41) is 20.6. The molecule has 2 N–H and O–H groups in total. The van der Waals surface area contributed by atoms with Gasteiger partial charge >= 0.3 is 0 Å². The zero-order valence-corrected chi connectivity index (χ0v) is 26.3. The number of rotatable bonds is 2. The van der Waals surface area contributed by atoms with E-state index in [1.54, 1.807) is 0 Å². The zero-order valence-electron chi connectivity index (χ0n) is 24.3. The van der Waals surface area contributed by atoms with Gasteiger partial charge in [0.2, 0.25) is 0 Å². The first-order valence-corrected chi connectivity index (χ1v) is 19.5. The summed E-state index contributed by atoms with van der Waals surface area (Å²) in [6.07, 6.45) is 8.50. The number of hydrogen-bond donors (Lipinski definition) is 2. The molecule has 0 bridgehead atoms. The summed E-state index contributed by atoms with van der Waals surface area (Å²) < 4.78 is 6.63. The lowest BCUT2D eigenvalue weighted by Gasteiger charge is -2.50. The lowest BCUT2D eigenvalue weighted by molar-refractivity contribution is -0.0101. The molecule has 3 nitrogen and oxygen atoms in total. The van der Waals surface area contributed by atoms with Crippen molar-refractivity contribution in [3.05, 3.63) is 41.5 Å². The highest BCUT2D eigenvalue weighted by Gasteiger charge is 2.52. The van der Waals surface area contributed by atoms with Gasteiger partial charge < -0.3 is 14.3 Å². The molecule has 0 heterocycles. The summed E-state index contributed by atoms with van der Waals surface area (Å²) in [6, 6.07) is 5.90. The van der Waals surface area contributed by atoms with Crippen LogP contribution in [-0.4, -0.2) is 33.0 Å². The summed E-state index contributed by atoms with van der Waals surface area (Å²) in [4.78, 5) is 0. The van der Waals surface area contributed by atoms with Crippen LogP contribution >= 0.6 is 0 Å². The van der Waals surface area contributed by atoms with Crippen LogP contribution in [0.1, 0.15) is 84.8 Å². The minimum absolute atomic E-state index is 0.0512. The molecule has 0 radical (unpaired) electrons. The molecule has 1 fully saturated rings. The van der Waals surface area contributed by atoms with Crippen molar-refractivity contribution in [2.75, 3.05) is 0 Å². The average Bonchev–Trinajstić information content (AvgIpc) is 3.00. The van der Waals surface area contributed by atoms with E-state index in [1.165, 1.54) is 17.5 Å². The van der Waals surface area contributed by atoms with Crippen LogP contribution in [-0.2, 0) is 10.5 Å². The maximum Gasteiger partial charge on any atom is 0.178 e. The van der Waals surface area contributed by atoms with Gasteiger partial charge in [-0.2, -0.15) is 0 Å². The summed E-state index contributed by atoms with van der Waals surface area (Å²) in [7, 11) is -3.18. The normalized spacial score (nSPS) is 30.6. The van der Waals surface area contributed by atoms with E-state index >= 15 is 0 Å². The topological polar surface area (TPSA) is 49.7 Å². The standard InChI is InChI=1S/C18H22O2.C12H30OSi2/c1-18-9-8-14-13-5-3-12(19)10-11(13)2-4-15(14)16(18)6-7-17(18)20;1-11(2,3)14(7,8)13-15(9,10)12(4,5)6/h3,5-7,10,14-17,19-20H,2,4,8-9H2,1H3;1-10H3/t14-,15-,16+,17?,18+;/m1./s1. The molecule has 1 unspecified atom stereocenters. The van der Waals surface area contributed by atoms with Crippen LogP contribution in [0.4, 0.5) is 0 Å². The molecule has 5 heteroatoms. The van der Waals surface area contributed by atoms with E-state index in [0.717, 1.165) is 19.3 Å². The van der Waals surface area contributed by atoms with Crippen molar-refractivity contribution in [3.63, 3.8) is 0 Å². The van der Waals surface area contributed by atoms with Crippen LogP contribution in [0.5, 0.6) is 5.75 Å².